The molecule has 17 heavy (non-hydrogen) atoms. The number of aryl methyl sites for hydroxylation is 2. The number of para-hydroxylation sites is 1. The number of hydrogen-bond acceptors (Lipinski definition) is 2. The fraction of sp³-hybridized carbons (Fsp3) is 0.167. The number of nitrogens with one attached hydrogen (secondary N) is 1. The van der Waals surface area contributed by atoms with E-state index >= 15 is 0 Å². The average Bonchev–Trinajstić information content (AvgIpc) is 2.54. The first-order valence-corrected chi connectivity index (χ1v) is 5.24. The Labute approximate surface area is 98.9 Å². The predicted octanol–water partition coefficient (Wildman–Crippen LogP) is 1.49. The van der Waals surface area contributed by atoms with E-state index < -0.39 is 6.03 Å². The monoisotopic (exact) mass is 230 g/mol. The molecule has 2 amide bonds. The molecule has 0 aliphatic rings. The number of carbonyl (C=O) groups is 1. The van der Waals surface area contributed by atoms with E-state index in [0.29, 0.717) is 0 Å². The summed E-state index contributed by atoms with van der Waals surface area (Å²) < 4.78 is 2.02. The highest BCUT2D eigenvalue weighted by atomic mass is 16.2. The van der Waals surface area contributed by atoms with Crippen molar-refractivity contribution in [2.45, 2.75) is 6.92 Å². The van der Waals surface area contributed by atoms with Gasteiger partial charge in [0.1, 0.15) is 0 Å². The number of nitrogens with zero attached hydrogens (tertiary/aromatic N) is 2. The van der Waals surface area contributed by atoms with E-state index in [-0.39, 0.29) is 0 Å². The summed E-state index contributed by atoms with van der Waals surface area (Å²) in [6.45, 7) is 2.02. The maximum Gasteiger partial charge on any atom is 0.332 e. The van der Waals surface area contributed by atoms with Crippen molar-refractivity contribution in [1.29, 1.82) is 0 Å². The van der Waals surface area contributed by atoms with Crippen molar-refractivity contribution >= 4 is 23.1 Å². The summed E-state index contributed by atoms with van der Waals surface area (Å²) in [5, 5.41) is 4.96. The van der Waals surface area contributed by atoms with Gasteiger partial charge in [-0.15, -0.1) is 0 Å². The second-order valence-electron chi connectivity index (χ2n) is 3.82. The number of aromatic nitrogens is 1. The fourth-order valence-corrected chi connectivity index (χ4v) is 1.94. The van der Waals surface area contributed by atoms with Gasteiger partial charge < -0.3 is 10.3 Å². The van der Waals surface area contributed by atoms with Crippen molar-refractivity contribution < 1.29 is 4.79 Å². The number of nitrogens with two attached hydrogens (primary N) is 1. The second-order valence-corrected chi connectivity index (χ2v) is 3.82. The summed E-state index contributed by atoms with van der Waals surface area (Å²) in [6, 6.07) is 7.42. The van der Waals surface area contributed by atoms with Crippen molar-refractivity contribution in [2.24, 2.45) is 17.9 Å². The molecule has 0 aliphatic heterocycles. The van der Waals surface area contributed by atoms with Crippen LogP contribution < -0.4 is 11.2 Å². The van der Waals surface area contributed by atoms with Gasteiger partial charge in [0.05, 0.1) is 11.9 Å². The minimum atomic E-state index is -0.669. The highest BCUT2D eigenvalue weighted by molar-refractivity contribution is 5.94. The Morgan fingerprint density at radius 2 is 2.18 bits per heavy atom. The molecule has 3 N–H and O–H groups in total. The number of rotatable bonds is 2. The van der Waals surface area contributed by atoms with E-state index in [2.05, 4.69) is 16.6 Å². The van der Waals surface area contributed by atoms with Crippen molar-refractivity contribution in [2.75, 3.05) is 0 Å². The molecule has 2 aromatic rings. The summed E-state index contributed by atoms with van der Waals surface area (Å²) in [6.07, 6.45) is 1.60. The Morgan fingerprint density at radius 1 is 1.47 bits per heavy atom. The van der Waals surface area contributed by atoms with Crippen LogP contribution in [0, 0.1) is 6.92 Å². The lowest BCUT2D eigenvalue weighted by atomic mass is 10.1. The molecule has 0 saturated heterocycles. The number of urea groups is 1. The van der Waals surface area contributed by atoms with E-state index in [1.165, 1.54) is 5.39 Å². The maximum absolute atomic E-state index is 10.5. The Morgan fingerprint density at radius 3 is 2.82 bits per heavy atom. The van der Waals surface area contributed by atoms with Crippen LogP contribution in [0.15, 0.2) is 29.4 Å². The molecule has 88 valence electrons. The van der Waals surface area contributed by atoms with Crippen molar-refractivity contribution in [3.63, 3.8) is 0 Å². The van der Waals surface area contributed by atoms with E-state index in [4.69, 9.17) is 5.73 Å². The molecule has 0 fully saturated rings. The maximum atomic E-state index is 10.5. The summed E-state index contributed by atoms with van der Waals surface area (Å²) >= 11 is 0. The van der Waals surface area contributed by atoms with E-state index in [1.54, 1.807) is 6.21 Å². The normalized spacial score (nSPS) is 11.2. The van der Waals surface area contributed by atoms with Gasteiger partial charge in [-0.2, -0.15) is 5.10 Å². The zero-order chi connectivity index (χ0) is 12.4. The third-order valence-electron chi connectivity index (χ3n) is 2.78. The smallest absolute Gasteiger partial charge is 0.332 e. The molecule has 0 aliphatic carbocycles. The van der Waals surface area contributed by atoms with E-state index in [9.17, 15) is 4.79 Å². The third kappa shape index (κ3) is 1.99. The van der Waals surface area contributed by atoms with Crippen LogP contribution in [-0.2, 0) is 7.05 Å². The fourth-order valence-electron chi connectivity index (χ4n) is 1.94. The molecule has 0 unspecified atom stereocenters. The standard InChI is InChI=1S/C12H14N4O/c1-8-9-5-3-4-6-10(9)16(2)11(8)7-14-15-12(13)17/h3-7H,1-2H3,(H3,13,15,17)/b14-7+. The third-order valence-corrected chi connectivity index (χ3v) is 2.78. The van der Waals surface area contributed by atoms with Crippen LogP contribution in [0.1, 0.15) is 11.3 Å². The Kier molecular flexibility index (Phi) is 2.82. The number of primary amides is 1. The SMILES string of the molecule is Cc1c(/C=N/NC(N)=O)n(C)c2ccccc12. The molecule has 2 rings (SSSR count). The van der Waals surface area contributed by atoms with Gasteiger partial charge in [0.2, 0.25) is 0 Å². The van der Waals surface area contributed by atoms with Crippen LogP contribution in [-0.4, -0.2) is 16.8 Å². The number of carbonyl (C=O) groups excluding carboxylic acids is 1. The average molecular weight is 230 g/mol. The summed E-state index contributed by atoms with van der Waals surface area (Å²) in [5.41, 5.74) is 10.3. The van der Waals surface area contributed by atoms with Crippen molar-refractivity contribution in [3.05, 3.63) is 35.5 Å². The first-order valence-electron chi connectivity index (χ1n) is 5.24. The molecular formula is C12H14N4O. The molecule has 0 radical (unpaired) electrons. The number of hydrogen-bond donors (Lipinski definition) is 2. The summed E-state index contributed by atoms with van der Waals surface area (Å²) in [4.78, 5) is 10.5. The zero-order valence-corrected chi connectivity index (χ0v) is 9.77. The van der Waals surface area contributed by atoms with Gasteiger partial charge >= 0.3 is 6.03 Å². The quantitative estimate of drug-likeness (QED) is 0.595. The molecule has 1 heterocycles. The number of fused-ring (bicyclic) bond motifs is 1. The number of amides is 2. The Hall–Kier alpha value is -2.30. The molecule has 0 spiro atoms. The molecule has 0 atom stereocenters. The number of hydrazone groups is 1. The van der Waals surface area contributed by atoms with Gasteiger partial charge in [-0.3, -0.25) is 0 Å². The lowest BCUT2D eigenvalue weighted by Gasteiger charge is -1.99. The molecule has 0 saturated carbocycles. The van der Waals surface area contributed by atoms with E-state index in [1.807, 2.05) is 36.7 Å². The van der Waals surface area contributed by atoms with Crippen molar-refractivity contribution in [1.82, 2.24) is 9.99 Å². The topological polar surface area (TPSA) is 72.4 Å². The molecule has 1 aromatic heterocycles. The minimum absolute atomic E-state index is 0.669. The van der Waals surface area contributed by atoms with Crippen LogP contribution in [0.4, 0.5) is 4.79 Å². The molecule has 5 nitrogen and oxygen atoms in total. The van der Waals surface area contributed by atoms with Crippen LogP contribution in [0.3, 0.4) is 0 Å². The molecule has 0 bridgehead atoms. The van der Waals surface area contributed by atoms with Gasteiger partial charge in [-0.05, 0) is 18.6 Å². The predicted molar refractivity (Wildman–Crippen MR) is 68.0 cm³/mol. The lowest BCUT2D eigenvalue weighted by molar-refractivity contribution is 0.249. The summed E-state index contributed by atoms with van der Waals surface area (Å²) in [5.74, 6) is 0. The van der Waals surface area contributed by atoms with Crippen LogP contribution >= 0.6 is 0 Å². The Bertz CT molecular complexity index is 559. The molecule has 1 aromatic carbocycles. The van der Waals surface area contributed by atoms with Crippen LogP contribution in [0.5, 0.6) is 0 Å². The van der Waals surface area contributed by atoms with Gasteiger partial charge in [0.25, 0.3) is 0 Å². The number of benzene rings is 1. The Balaban J connectivity index is 2.47. The molecule has 5 heteroatoms. The van der Waals surface area contributed by atoms with Crippen LogP contribution in [0.25, 0.3) is 10.9 Å². The second kappa shape index (κ2) is 4.29. The van der Waals surface area contributed by atoms with Crippen molar-refractivity contribution in [3.8, 4) is 0 Å². The van der Waals surface area contributed by atoms with Crippen LogP contribution in [0.2, 0.25) is 0 Å². The zero-order valence-electron chi connectivity index (χ0n) is 9.77. The van der Waals surface area contributed by atoms with Gasteiger partial charge in [-0.25, -0.2) is 10.2 Å². The largest absolute Gasteiger partial charge is 0.350 e. The van der Waals surface area contributed by atoms with Gasteiger partial charge in [0.15, 0.2) is 0 Å². The van der Waals surface area contributed by atoms with E-state index in [0.717, 1.165) is 16.8 Å². The summed E-state index contributed by atoms with van der Waals surface area (Å²) in [7, 11) is 1.96. The van der Waals surface area contributed by atoms with Gasteiger partial charge in [-0.1, -0.05) is 18.2 Å². The van der Waals surface area contributed by atoms with Gasteiger partial charge in [0, 0.05) is 18.0 Å². The lowest BCUT2D eigenvalue weighted by Crippen LogP contribution is -2.24. The minimum Gasteiger partial charge on any atom is -0.350 e. The highest BCUT2D eigenvalue weighted by Gasteiger charge is 2.08. The highest BCUT2D eigenvalue weighted by Crippen LogP contribution is 2.22. The molecular weight excluding hydrogens is 216 g/mol. The first kappa shape index (κ1) is 11.2. The first-order chi connectivity index (χ1) is 8.11.